The number of hydrogen-bond donors (Lipinski definition) is 2. The Labute approximate surface area is 309 Å². The van der Waals surface area contributed by atoms with Gasteiger partial charge in [0, 0.05) is 23.5 Å². The first kappa shape index (κ1) is 32.9. The second-order valence-corrected chi connectivity index (χ2v) is 13.1. The number of hydrogen-bond acceptors (Lipinski definition) is 8. The summed E-state index contributed by atoms with van der Waals surface area (Å²) in [5.41, 5.74) is 14.3. The van der Waals surface area contributed by atoms with Crippen molar-refractivity contribution in [3.8, 4) is 34.1 Å². The maximum atomic E-state index is 15.7. The van der Waals surface area contributed by atoms with Gasteiger partial charge in [-0.2, -0.15) is 0 Å². The molecular weight excluding hydrogens is 684 g/mol. The van der Waals surface area contributed by atoms with Gasteiger partial charge in [-0.05, 0) is 72.0 Å². The van der Waals surface area contributed by atoms with Crippen molar-refractivity contribution in [1.29, 1.82) is 0 Å². The lowest BCUT2D eigenvalue weighted by molar-refractivity contribution is -0.0266. The van der Waals surface area contributed by atoms with Gasteiger partial charge in [0.1, 0.15) is 42.0 Å². The van der Waals surface area contributed by atoms with Crippen LogP contribution in [0.3, 0.4) is 0 Å². The van der Waals surface area contributed by atoms with E-state index in [9.17, 15) is 4.79 Å². The molecule has 266 valence electrons. The van der Waals surface area contributed by atoms with Crippen LogP contribution in [0.1, 0.15) is 51.4 Å². The third-order valence-electron chi connectivity index (χ3n) is 9.72. The van der Waals surface area contributed by atoms with Crippen molar-refractivity contribution in [2.75, 3.05) is 5.73 Å². The van der Waals surface area contributed by atoms with Crippen molar-refractivity contribution in [1.82, 2.24) is 24.8 Å². The molecule has 3 N–H and O–H groups in total. The van der Waals surface area contributed by atoms with Gasteiger partial charge in [0.05, 0.1) is 28.4 Å². The lowest BCUT2D eigenvalue weighted by atomic mass is 10.0. The van der Waals surface area contributed by atoms with Crippen LogP contribution in [0, 0.1) is 5.82 Å². The number of aryl methyl sites for hydroxylation is 1. The number of benzene rings is 4. The molecule has 9 rings (SSSR count). The number of pyridine rings is 2. The highest BCUT2D eigenvalue weighted by atomic mass is 19.1. The number of nitrogens with zero attached hydrogens (tertiary/aromatic N) is 4. The third-order valence-corrected chi connectivity index (χ3v) is 9.72. The number of nitrogens with one attached hydrogen (secondary N) is 1. The quantitative estimate of drug-likeness (QED) is 0.153. The molecule has 3 aromatic heterocycles. The minimum atomic E-state index is -0.877. The number of aromatic nitrogens is 4. The Morgan fingerprint density at radius 1 is 0.889 bits per heavy atom. The number of imidazole rings is 1. The normalized spacial score (nSPS) is 14.8. The lowest BCUT2D eigenvalue weighted by Gasteiger charge is -2.19. The van der Waals surface area contributed by atoms with Gasteiger partial charge in [-0.25, -0.2) is 19.3 Å². The minimum absolute atomic E-state index is 0.134. The molecule has 1 amide bonds. The van der Waals surface area contributed by atoms with E-state index in [2.05, 4.69) is 16.4 Å². The first-order valence-electron chi connectivity index (χ1n) is 17.6. The number of rotatable bonds is 9. The molecule has 54 heavy (non-hydrogen) atoms. The Morgan fingerprint density at radius 3 is 2.48 bits per heavy atom. The summed E-state index contributed by atoms with van der Waals surface area (Å²) < 4.78 is 34.8. The highest BCUT2D eigenvalue weighted by molar-refractivity contribution is 5.95. The molecule has 0 saturated heterocycles. The summed E-state index contributed by atoms with van der Waals surface area (Å²) >= 11 is 0. The van der Waals surface area contributed by atoms with E-state index < -0.39 is 18.0 Å². The lowest BCUT2D eigenvalue weighted by Crippen LogP contribution is -2.28. The van der Waals surface area contributed by atoms with Crippen LogP contribution in [-0.4, -0.2) is 25.4 Å². The molecule has 2 aliphatic rings. The van der Waals surface area contributed by atoms with Gasteiger partial charge in [-0.15, -0.1) is 0 Å². The molecule has 11 heteroatoms. The van der Waals surface area contributed by atoms with Crippen molar-refractivity contribution in [2.24, 2.45) is 0 Å². The van der Waals surface area contributed by atoms with Crippen LogP contribution in [-0.2, 0) is 22.5 Å². The maximum absolute atomic E-state index is 15.7. The fourth-order valence-electron chi connectivity index (χ4n) is 7.06. The number of carbonyl (C=O) groups is 1. The van der Waals surface area contributed by atoms with E-state index in [1.54, 1.807) is 6.20 Å². The molecule has 1 atom stereocenters. The second kappa shape index (κ2) is 13.8. The molecule has 0 fully saturated rings. The van der Waals surface area contributed by atoms with Gasteiger partial charge < -0.3 is 25.3 Å². The third kappa shape index (κ3) is 6.15. The molecule has 1 aliphatic heterocycles. The standard InChI is InChI=1S/C43H33FN6O4/c44-34-24-38(54-25-26-8-3-1-4-9-26)33(43-52-20-21-53-43)23-32(34)42(51)49-36-16-13-28-22-29(14-15-30(28)36)50-40(31-12-7-19-46-39(31)45)48-37-18-17-35(47-41(37)50)27-10-5-2-6-11-27/h1-12,14-15,17-24,36,43H,13,16,25H2,(H2,45,46)(H,49,51)/t36-/m0/s1. The predicted octanol–water partition coefficient (Wildman–Crippen LogP) is 8.38. The molecule has 0 bridgehead atoms. The number of amides is 1. The van der Waals surface area contributed by atoms with Gasteiger partial charge in [-0.3, -0.25) is 9.36 Å². The summed E-state index contributed by atoms with van der Waals surface area (Å²) in [4.78, 5) is 28.1. The molecule has 0 unspecified atom stereocenters. The van der Waals surface area contributed by atoms with Crippen molar-refractivity contribution < 1.29 is 23.4 Å². The molecule has 4 heterocycles. The zero-order valence-electron chi connectivity index (χ0n) is 28.9. The zero-order chi connectivity index (χ0) is 36.6. The van der Waals surface area contributed by atoms with Crippen LogP contribution >= 0.6 is 0 Å². The summed E-state index contributed by atoms with van der Waals surface area (Å²) in [7, 11) is 0. The number of nitrogens with two attached hydrogens (primary N) is 1. The topological polar surface area (TPSA) is 126 Å². The van der Waals surface area contributed by atoms with Crippen molar-refractivity contribution in [3.05, 3.63) is 168 Å². The number of fused-ring (bicyclic) bond motifs is 2. The summed E-state index contributed by atoms with van der Waals surface area (Å²) in [6.07, 6.45) is 4.91. The van der Waals surface area contributed by atoms with E-state index in [1.165, 1.54) is 24.7 Å². The molecule has 0 spiro atoms. The Bertz CT molecular complexity index is 2550. The number of carbonyl (C=O) groups excluding carboxylic acids is 1. The highest BCUT2D eigenvalue weighted by Gasteiger charge is 2.30. The van der Waals surface area contributed by atoms with Crippen molar-refractivity contribution in [2.45, 2.75) is 31.8 Å². The average Bonchev–Trinajstić information content (AvgIpc) is 3.97. The smallest absolute Gasteiger partial charge is 0.269 e. The number of ether oxygens (including phenoxy) is 3. The highest BCUT2D eigenvalue weighted by Crippen LogP contribution is 2.38. The van der Waals surface area contributed by atoms with Gasteiger partial charge in [0.25, 0.3) is 12.2 Å². The summed E-state index contributed by atoms with van der Waals surface area (Å²) in [5, 5.41) is 3.07. The van der Waals surface area contributed by atoms with Gasteiger partial charge in [0.15, 0.2) is 11.5 Å². The maximum Gasteiger partial charge on any atom is 0.269 e. The first-order valence-corrected chi connectivity index (χ1v) is 17.6. The zero-order valence-corrected chi connectivity index (χ0v) is 28.9. The van der Waals surface area contributed by atoms with Crippen molar-refractivity contribution >= 4 is 22.9 Å². The van der Waals surface area contributed by atoms with Gasteiger partial charge in [0.2, 0.25) is 0 Å². The Hall–Kier alpha value is -7.01. The number of anilines is 1. The van der Waals surface area contributed by atoms with E-state index in [-0.39, 0.29) is 24.0 Å². The Morgan fingerprint density at radius 2 is 1.69 bits per heavy atom. The monoisotopic (exact) mass is 716 g/mol. The predicted molar refractivity (Wildman–Crippen MR) is 202 cm³/mol. The average molecular weight is 717 g/mol. The largest absolute Gasteiger partial charge is 0.488 e. The number of nitrogen functional groups attached to an aromatic ring is 1. The van der Waals surface area contributed by atoms with Crippen molar-refractivity contribution in [3.63, 3.8) is 0 Å². The molecular formula is C43H33FN6O4. The molecule has 4 aromatic carbocycles. The van der Waals surface area contributed by atoms with Crippen LogP contribution < -0.4 is 15.8 Å². The summed E-state index contributed by atoms with van der Waals surface area (Å²) in [5.74, 6) is -0.0665. The SMILES string of the molecule is Nc1ncccc1-c1nc2ccc(-c3ccccc3)nc2n1-c1ccc2c(c1)CC[C@@H]2NC(=O)c1cc(C2OC=CO2)c(OCc2ccccc2)cc1F. The molecule has 0 saturated carbocycles. The van der Waals surface area contributed by atoms with E-state index in [0.29, 0.717) is 46.8 Å². The first-order chi connectivity index (χ1) is 26.5. The van der Waals surface area contributed by atoms with Crippen LogP contribution in [0.15, 0.2) is 134 Å². The van der Waals surface area contributed by atoms with E-state index in [0.717, 1.165) is 33.6 Å². The molecule has 0 radical (unpaired) electrons. The van der Waals surface area contributed by atoms with Crippen LogP contribution in [0.5, 0.6) is 5.75 Å². The summed E-state index contributed by atoms with van der Waals surface area (Å²) in [6.45, 7) is 0.204. The fraction of sp³-hybridized carbons (Fsp3) is 0.116. The summed E-state index contributed by atoms with van der Waals surface area (Å²) in [6, 6.07) is 35.6. The molecule has 10 nitrogen and oxygen atoms in total. The van der Waals surface area contributed by atoms with Crippen LogP contribution in [0.4, 0.5) is 10.2 Å². The molecule has 7 aromatic rings. The van der Waals surface area contributed by atoms with E-state index in [1.807, 2.05) is 102 Å². The van der Waals surface area contributed by atoms with E-state index >= 15 is 4.39 Å². The Kier molecular flexibility index (Phi) is 8.43. The number of halogens is 1. The van der Waals surface area contributed by atoms with Gasteiger partial charge >= 0.3 is 0 Å². The Balaban J connectivity index is 1.03. The van der Waals surface area contributed by atoms with Crippen LogP contribution in [0.25, 0.3) is 39.5 Å². The van der Waals surface area contributed by atoms with E-state index in [4.69, 9.17) is 29.9 Å². The second-order valence-electron chi connectivity index (χ2n) is 13.1. The minimum Gasteiger partial charge on any atom is -0.488 e. The molecule has 1 aliphatic carbocycles. The fourth-order valence-corrected chi connectivity index (χ4v) is 7.06. The van der Waals surface area contributed by atoms with Crippen LogP contribution in [0.2, 0.25) is 0 Å². The van der Waals surface area contributed by atoms with Gasteiger partial charge in [-0.1, -0.05) is 66.7 Å².